The Kier molecular flexibility index (Phi) is 6.60. The van der Waals surface area contributed by atoms with Crippen LogP contribution in [-0.2, 0) is 15.0 Å². The van der Waals surface area contributed by atoms with Crippen LogP contribution in [0.3, 0.4) is 0 Å². The van der Waals surface area contributed by atoms with E-state index in [0.717, 1.165) is 18.4 Å². The van der Waals surface area contributed by atoms with Crippen molar-refractivity contribution in [3.8, 4) is 0 Å². The van der Waals surface area contributed by atoms with Gasteiger partial charge in [-0.1, -0.05) is 52.8 Å². The molecule has 122 valence electrons. The molecule has 0 fully saturated rings. The van der Waals surface area contributed by atoms with Crippen molar-refractivity contribution in [2.75, 3.05) is 18.4 Å². The molecule has 1 aromatic carbocycles. The Morgan fingerprint density at radius 1 is 1.05 bits per heavy atom. The molecule has 4 nitrogen and oxygen atoms in total. The number of benzene rings is 1. The van der Waals surface area contributed by atoms with Crippen molar-refractivity contribution < 1.29 is 9.59 Å². The van der Waals surface area contributed by atoms with Gasteiger partial charge in [-0.25, -0.2) is 0 Å². The van der Waals surface area contributed by atoms with Gasteiger partial charge in [0.15, 0.2) is 0 Å². The molecule has 0 aliphatic carbocycles. The fourth-order valence-corrected chi connectivity index (χ4v) is 2.42. The van der Waals surface area contributed by atoms with Crippen LogP contribution in [0.2, 0.25) is 0 Å². The highest BCUT2D eigenvalue weighted by molar-refractivity contribution is 6.39. The van der Waals surface area contributed by atoms with E-state index in [4.69, 9.17) is 0 Å². The van der Waals surface area contributed by atoms with E-state index >= 15 is 0 Å². The maximum Gasteiger partial charge on any atom is 0.313 e. The Morgan fingerprint density at radius 3 is 2.09 bits per heavy atom. The third-order valence-corrected chi connectivity index (χ3v) is 3.45. The summed E-state index contributed by atoms with van der Waals surface area (Å²) in [4.78, 5) is 26.2. The molecular formula is C18H28N2O2. The lowest BCUT2D eigenvalue weighted by Gasteiger charge is -2.24. The zero-order valence-corrected chi connectivity index (χ0v) is 14.4. The first-order chi connectivity index (χ1) is 10.3. The van der Waals surface area contributed by atoms with Gasteiger partial charge in [-0.05, 0) is 29.9 Å². The first-order valence-corrected chi connectivity index (χ1v) is 8.01. The Balaban J connectivity index is 2.91. The number of carbonyl (C=O) groups is 2. The number of carbonyl (C=O) groups excluding carboxylic acids is 2. The normalized spacial score (nSPS) is 11.1. The molecule has 0 aromatic heterocycles. The van der Waals surface area contributed by atoms with Crippen molar-refractivity contribution in [1.29, 1.82) is 0 Å². The molecule has 0 unspecified atom stereocenters. The quantitative estimate of drug-likeness (QED) is 0.845. The minimum atomic E-state index is -0.557. The van der Waals surface area contributed by atoms with Crippen molar-refractivity contribution in [2.45, 2.75) is 52.9 Å². The van der Waals surface area contributed by atoms with E-state index in [2.05, 4.69) is 26.1 Å². The molecule has 0 aliphatic heterocycles. The third-order valence-electron chi connectivity index (χ3n) is 3.45. The molecule has 0 atom stereocenters. The van der Waals surface area contributed by atoms with Crippen LogP contribution in [0.4, 0.5) is 5.69 Å². The number of nitrogens with one attached hydrogen (secondary N) is 1. The van der Waals surface area contributed by atoms with E-state index in [-0.39, 0.29) is 5.41 Å². The van der Waals surface area contributed by atoms with Gasteiger partial charge in [-0.2, -0.15) is 0 Å². The summed E-state index contributed by atoms with van der Waals surface area (Å²) >= 11 is 0. The van der Waals surface area contributed by atoms with Gasteiger partial charge in [0.2, 0.25) is 0 Å². The summed E-state index contributed by atoms with van der Waals surface area (Å²) in [5.74, 6) is -1.01. The molecule has 1 N–H and O–H groups in total. The van der Waals surface area contributed by atoms with Crippen LogP contribution in [0.5, 0.6) is 0 Å². The lowest BCUT2D eigenvalue weighted by Crippen LogP contribution is -2.40. The summed E-state index contributed by atoms with van der Waals surface area (Å²) in [6, 6.07) is 7.63. The monoisotopic (exact) mass is 304 g/mol. The summed E-state index contributed by atoms with van der Waals surface area (Å²) in [6.07, 6.45) is 1.69. The van der Waals surface area contributed by atoms with E-state index in [1.807, 2.05) is 38.1 Å². The highest BCUT2D eigenvalue weighted by Gasteiger charge is 2.23. The largest absolute Gasteiger partial charge is 0.334 e. The molecule has 1 rings (SSSR count). The first-order valence-electron chi connectivity index (χ1n) is 8.01. The van der Waals surface area contributed by atoms with Crippen molar-refractivity contribution >= 4 is 17.5 Å². The van der Waals surface area contributed by atoms with E-state index in [1.165, 1.54) is 0 Å². The molecule has 2 amide bonds. The number of para-hydroxylation sites is 1. The summed E-state index contributed by atoms with van der Waals surface area (Å²) in [5.41, 5.74) is 1.63. The van der Waals surface area contributed by atoms with Crippen LogP contribution >= 0.6 is 0 Å². The van der Waals surface area contributed by atoms with Crippen molar-refractivity contribution in [1.82, 2.24) is 4.90 Å². The molecule has 0 spiro atoms. The van der Waals surface area contributed by atoms with Gasteiger partial charge in [-0.3, -0.25) is 9.59 Å². The molecule has 1 aromatic rings. The van der Waals surface area contributed by atoms with Gasteiger partial charge >= 0.3 is 11.8 Å². The number of hydrogen-bond donors (Lipinski definition) is 1. The zero-order chi connectivity index (χ0) is 16.8. The summed E-state index contributed by atoms with van der Waals surface area (Å²) in [6.45, 7) is 11.5. The summed E-state index contributed by atoms with van der Waals surface area (Å²) in [7, 11) is 0. The van der Waals surface area contributed by atoms with Gasteiger partial charge in [0.25, 0.3) is 0 Å². The molecule has 0 radical (unpaired) electrons. The second-order valence-corrected chi connectivity index (χ2v) is 6.54. The predicted octanol–water partition coefficient (Wildman–Crippen LogP) is 3.57. The van der Waals surface area contributed by atoms with Crippen LogP contribution in [0.25, 0.3) is 0 Å². The summed E-state index contributed by atoms with van der Waals surface area (Å²) < 4.78 is 0. The van der Waals surface area contributed by atoms with Crippen molar-refractivity contribution in [3.63, 3.8) is 0 Å². The molecule has 0 saturated heterocycles. The molecule has 4 heteroatoms. The standard InChI is InChI=1S/C18H28N2O2/c1-6-12-20(13-7-2)17(22)16(21)19-15-11-9-8-10-14(15)18(3,4)5/h8-11H,6-7,12-13H2,1-5H3,(H,19,21). The molecule has 0 saturated carbocycles. The minimum absolute atomic E-state index is 0.0978. The maximum absolute atomic E-state index is 12.3. The molecule has 22 heavy (non-hydrogen) atoms. The zero-order valence-electron chi connectivity index (χ0n) is 14.4. The topological polar surface area (TPSA) is 49.4 Å². The molecule has 0 heterocycles. The van der Waals surface area contributed by atoms with Crippen molar-refractivity contribution in [3.05, 3.63) is 29.8 Å². The SMILES string of the molecule is CCCN(CCC)C(=O)C(=O)Nc1ccccc1C(C)(C)C. The average molecular weight is 304 g/mol. The number of nitrogens with zero attached hydrogens (tertiary/aromatic N) is 1. The van der Waals surface area contributed by atoms with Gasteiger partial charge in [0.05, 0.1) is 0 Å². The number of amides is 2. The van der Waals surface area contributed by atoms with Crippen LogP contribution in [0, 0.1) is 0 Å². The second kappa shape index (κ2) is 7.97. The Hall–Kier alpha value is -1.84. The van der Waals surface area contributed by atoms with Crippen LogP contribution in [0.1, 0.15) is 53.0 Å². The molecule has 0 aliphatic rings. The lowest BCUT2D eigenvalue weighted by molar-refractivity contribution is -0.143. The van der Waals surface area contributed by atoms with Crippen LogP contribution in [-0.4, -0.2) is 29.8 Å². The minimum Gasteiger partial charge on any atom is -0.334 e. The second-order valence-electron chi connectivity index (χ2n) is 6.54. The highest BCUT2D eigenvalue weighted by Crippen LogP contribution is 2.29. The molecular weight excluding hydrogens is 276 g/mol. The van der Waals surface area contributed by atoms with Crippen LogP contribution in [0.15, 0.2) is 24.3 Å². The Bertz CT molecular complexity index is 512. The first kappa shape index (κ1) is 18.2. The van der Waals surface area contributed by atoms with E-state index in [0.29, 0.717) is 18.8 Å². The third kappa shape index (κ3) is 4.86. The summed E-state index contributed by atoms with van der Waals surface area (Å²) in [5, 5.41) is 2.78. The smallest absolute Gasteiger partial charge is 0.313 e. The highest BCUT2D eigenvalue weighted by atomic mass is 16.2. The van der Waals surface area contributed by atoms with Crippen molar-refractivity contribution in [2.24, 2.45) is 0 Å². The number of anilines is 1. The molecule has 0 bridgehead atoms. The predicted molar refractivity (Wildman–Crippen MR) is 90.9 cm³/mol. The van der Waals surface area contributed by atoms with Gasteiger partial charge in [0.1, 0.15) is 0 Å². The van der Waals surface area contributed by atoms with Gasteiger partial charge < -0.3 is 10.2 Å². The maximum atomic E-state index is 12.3. The Labute approximate surface area is 133 Å². The Morgan fingerprint density at radius 2 is 1.59 bits per heavy atom. The van der Waals surface area contributed by atoms with E-state index in [9.17, 15) is 9.59 Å². The van der Waals surface area contributed by atoms with E-state index in [1.54, 1.807) is 4.90 Å². The number of rotatable bonds is 5. The fourth-order valence-electron chi connectivity index (χ4n) is 2.42. The average Bonchev–Trinajstić information content (AvgIpc) is 2.45. The fraction of sp³-hybridized carbons (Fsp3) is 0.556. The van der Waals surface area contributed by atoms with Crippen LogP contribution < -0.4 is 5.32 Å². The number of hydrogen-bond acceptors (Lipinski definition) is 2. The van der Waals surface area contributed by atoms with Gasteiger partial charge in [0, 0.05) is 18.8 Å². The lowest BCUT2D eigenvalue weighted by atomic mass is 9.86. The van der Waals surface area contributed by atoms with Gasteiger partial charge in [-0.15, -0.1) is 0 Å². The van der Waals surface area contributed by atoms with E-state index < -0.39 is 11.8 Å².